The summed E-state index contributed by atoms with van der Waals surface area (Å²) in [6.07, 6.45) is 30.4. The molecule has 0 N–H and O–H groups in total. The van der Waals surface area contributed by atoms with Crippen LogP contribution in [0.4, 0.5) is 0 Å². The van der Waals surface area contributed by atoms with E-state index in [0.29, 0.717) is 17.8 Å². The average Bonchev–Trinajstić information content (AvgIpc) is 3.42. The Labute approximate surface area is 698 Å². The van der Waals surface area contributed by atoms with Crippen molar-refractivity contribution >= 4 is 15.0 Å². The maximum Gasteiger partial charge on any atom is 0.141 e. The second kappa shape index (κ2) is 61.4. The van der Waals surface area contributed by atoms with E-state index in [1.165, 1.54) is 0 Å². The van der Waals surface area contributed by atoms with Crippen molar-refractivity contribution in [3.05, 3.63) is 49.3 Å². The summed E-state index contributed by atoms with van der Waals surface area (Å²) in [6.45, 7) is 9.18. The first kappa shape index (κ1) is 105. The molecule has 0 saturated heterocycles. The smallest absolute Gasteiger partial charge is 0.141 e. The molecule has 0 aromatic heterocycles. The Morgan fingerprint density at radius 3 is 1.62 bits per heavy atom. The number of hydrogen-bond acceptors (Lipinski definition) is 5. The Morgan fingerprint density at radius 1 is 0.750 bits per heavy atom. The van der Waals surface area contributed by atoms with Gasteiger partial charge in [0.25, 0.3) is 0 Å². The van der Waals surface area contributed by atoms with Crippen molar-refractivity contribution in [2.24, 2.45) is 29.1 Å². The van der Waals surface area contributed by atoms with E-state index >= 15 is 0 Å². The molecule has 0 bridgehead atoms. The Hall–Kier alpha value is 16.1. The van der Waals surface area contributed by atoms with Crippen LogP contribution in [0.3, 0.4) is 0 Å². The van der Waals surface area contributed by atoms with Gasteiger partial charge in [-0.3, -0.25) is 18.2 Å². The van der Waals surface area contributed by atoms with Gasteiger partial charge < -0.3 is 54.5 Å². The zero-order valence-corrected chi connectivity index (χ0v) is 76.5. The summed E-state index contributed by atoms with van der Waals surface area (Å²) < 4.78 is 29.5. The van der Waals surface area contributed by atoms with Crippen molar-refractivity contribution in [1.29, 1.82) is 0 Å². The second-order valence-electron chi connectivity index (χ2n) is 11.0. The first-order valence-electron chi connectivity index (χ1n) is 14.0. The van der Waals surface area contributed by atoms with Crippen LogP contribution < -0.4 is 9.79 Å². The van der Waals surface area contributed by atoms with Crippen LogP contribution in [0.5, 0.6) is 0 Å². The molecule has 2 fully saturated rings. The SMILES string of the molecule is CC[C-]=CCC[C-]=CCC[CH-]C1C([CH-]CCC=[C-]CC)CCC2(C)C(C(C)OP(=O)([O-])CP(C)(=O)[O-])C12.[Y].[Y].[Y].[Y].[Y].[Y].[Y].[Y].[Y].[Y].[Y].[Y].[Y].[Y].[Y]. The third-order valence-electron chi connectivity index (χ3n) is 7.79. The standard InChI is InChI=1S/C30H49O5P2.15Y/c1-6-8-10-12-13-14-15-17-19-21-27-26(20-18-16-11-9-7-2)22-23-30(4)28(29(27)30)25(3)35-37(33,34)24-36(5,31)32;;;;;;;;;;;;;;;/h10-11,15,20-21,25-29H,6-7,12-13,16-19,22-24H2,1-5H3,(H,31,32)(H,33,34);;;;;;;;;;;;;;;/q-5;;;;;;;;;;;;;;;/p-2. The van der Waals surface area contributed by atoms with Crippen LogP contribution in [0.2, 0.25) is 0 Å². The average molecular weight is 1880 g/mol. The van der Waals surface area contributed by atoms with E-state index in [1.807, 2.05) is 0 Å². The quantitative estimate of drug-likeness (QED) is 0.0835. The van der Waals surface area contributed by atoms with E-state index in [-0.39, 0.29) is 502 Å². The minimum atomic E-state index is -4.45. The molecular weight excluding hydrogens is 1840 g/mol. The number of fused-ring (bicyclic) bond motifs is 1. The van der Waals surface area contributed by atoms with Gasteiger partial charge in [0.05, 0.1) is 12.0 Å². The maximum absolute atomic E-state index is 12.4. The molecule has 0 aromatic carbocycles. The Bertz CT molecular complexity index is 905. The molecule has 2 aliphatic carbocycles. The van der Waals surface area contributed by atoms with Crippen LogP contribution in [0.1, 0.15) is 91.9 Å². The molecule has 0 aromatic rings. The fraction of sp³-hybridized carbons (Fsp3) is 0.733. The Kier molecular flexibility index (Phi) is 124. The molecule has 0 aliphatic heterocycles. The van der Waals surface area contributed by atoms with Gasteiger partial charge in [-0.2, -0.15) is 43.9 Å². The molecule has 52 heavy (non-hydrogen) atoms. The topological polar surface area (TPSA) is 89.5 Å². The van der Waals surface area contributed by atoms with Gasteiger partial charge >= 0.3 is 0 Å². The molecule has 2 aliphatic rings. The second-order valence-corrected chi connectivity index (χ2v) is 15.6. The fourth-order valence-electron chi connectivity index (χ4n) is 6.30. The number of allylic oxidation sites excluding steroid dienone is 6. The molecule has 0 heterocycles. The van der Waals surface area contributed by atoms with Crippen molar-refractivity contribution in [3.63, 3.8) is 0 Å². The molecule has 8 unspecified atom stereocenters. The van der Waals surface area contributed by atoms with Gasteiger partial charge in [-0.15, -0.1) is 0 Å². The van der Waals surface area contributed by atoms with E-state index in [4.69, 9.17) is 4.52 Å². The molecule has 15 radical (unpaired) electrons. The molecule has 0 amide bonds. The van der Waals surface area contributed by atoms with E-state index in [1.54, 1.807) is 6.92 Å². The minimum Gasteiger partial charge on any atom is -0.799 e. The van der Waals surface area contributed by atoms with Crippen LogP contribution in [-0.4, -0.2) is 18.7 Å². The summed E-state index contributed by atoms with van der Waals surface area (Å²) >= 11 is 0. The molecule has 5 nitrogen and oxygen atoms in total. The minimum absolute atomic E-state index is 0. The fourth-order valence-corrected chi connectivity index (χ4v) is 9.72. The van der Waals surface area contributed by atoms with Gasteiger partial charge in [-0.25, -0.2) is 0 Å². The Morgan fingerprint density at radius 2 is 1.17 bits per heavy atom. The Balaban J connectivity index is -0.0000000802. The number of rotatable bonds is 18. The van der Waals surface area contributed by atoms with Crippen LogP contribution in [0.15, 0.2) is 18.2 Å². The molecule has 22 heteroatoms. The van der Waals surface area contributed by atoms with Crippen molar-refractivity contribution in [3.8, 4) is 0 Å². The van der Waals surface area contributed by atoms with E-state index < -0.39 is 27.0 Å². The first-order valence-corrected chi connectivity index (χ1v) is 18.0. The third kappa shape index (κ3) is 47.1. The normalized spacial score (nSPS) is 22.8. The van der Waals surface area contributed by atoms with Gasteiger partial charge in [0.1, 0.15) is 7.60 Å². The van der Waals surface area contributed by atoms with E-state index in [9.17, 15) is 18.9 Å². The van der Waals surface area contributed by atoms with E-state index in [0.717, 1.165) is 70.9 Å². The maximum atomic E-state index is 12.4. The van der Waals surface area contributed by atoms with Crippen LogP contribution in [0.25, 0.3) is 0 Å². The van der Waals surface area contributed by atoms with Crippen LogP contribution in [-0.2, 0) is 504 Å². The molecule has 259 valence electrons. The zero-order chi connectivity index (χ0) is 27.5. The van der Waals surface area contributed by atoms with Gasteiger partial charge in [-0.05, 0) is 31.3 Å². The van der Waals surface area contributed by atoms with Crippen molar-refractivity contribution < 1.29 is 514 Å². The first-order chi connectivity index (χ1) is 17.4. The largest absolute Gasteiger partial charge is 0.799 e. The van der Waals surface area contributed by atoms with Crippen LogP contribution >= 0.6 is 15.0 Å². The van der Waals surface area contributed by atoms with Crippen LogP contribution in [0, 0.1) is 60.2 Å². The number of hydrogen-bond donors (Lipinski definition) is 0. The van der Waals surface area contributed by atoms with Gasteiger partial charge in [0.15, 0.2) is 0 Å². The summed E-state index contributed by atoms with van der Waals surface area (Å²) in [5, 5.41) is 0. The van der Waals surface area contributed by atoms with Gasteiger partial charge in [-0.1, -0.05) is 52.4 Å². The summed E-state index contributed by atoms with van der Waals surface area (Å²) in [4.78, 5) is 24.0. The molecule has 2 rings (SSSR count). The summed E-state index contributed by atoms with van der Waals surface area (Å²) in [5.41, 5.74) is 0.0261. The molecule has 0 spiro atoms. The number of unbranched alkanes of at least 4 members (excludes halogenated alkanes) is 3. The molecular formula is C30H47O5P2Y15-7. The monoisotopic (exact) mass is 1880 g/mol. The molecule has 2 saturated carbocycles. The summed E-state index contributed by atoms with van der Waals surface area (Å²) in [7, 11) is -8.41. The van der Waals surface area contributed by atoms with Crippen molar-refractivity contribution in [2.45, 2.75) is 98.0 Å². The third-order valence-corrected chi connectivity index (χ3v) is 11.9. The van der Waals surface area contributed by atoms with Gasteiger partial charge in [0.2, 0.25) is 0 Å². The summed E-state index contributed by atoms with van der Waals surface area (Å²) in [6, 6.07) is 0. The predicted molar refractivity (Wildman–Crippen MR) is 148 cm³/mol. The van der Waals surface area contributed by atoms with E-state index in [2.05, 4.69) is 70.1 Å². The molecule has 8 atom stereocenters. The predicted octanol–water partition coefficient (Wildman–Crippen LogP) is 7.06. The van der Waals surface area contributed by atoms with Crippen molar-refractivity contribution in [2.75, 3.05) is 12.6 Å². The van der Waals surface area contributed by atoms with Crippen molar-refractivity contribution in [1.82, 2.24) is 0 Å². The zero-order valence-electron chi connectivity index (χ0n) is 32.1. The van der Waals surface area contributed by atoms with Gasteiger partial charge in [0, 0.05) is 498 Å². The summed E-state index contributed by atoms with van der Waals surface area (Å²) in [5.74, 6) is 0.367.